The van der Waals surface area contributed by atoms with Gasteiger partial charge in [-0.25, -0.2) is 0 Å². The van der Waals surface area contributed by atoms with Crippen LogP contribution in [-0.2, 0) is 6.42 Å². The van der Waals surface area contributed by atoms with Crippen molar-refractivity contribution >= 4 is 0 Å². The van der Waals surface area contributed by atoms with Gasteiger partial charge in [-0.2, -0.15) is 0 Å². The van der Waals surface area contributed by atoms with Crippen LogP contribution >= 0.6 is 0 Å². The first-order valence-corrected chi connectivity index (χ1v) is 7.61. The van der Waals surface area contributed by atoms with E-state index in [-0.39, 0.29) is 0 Å². The average Bonchev–Trinajstić information content (AvgIpc) is 2.46. The van der Waals surface area contributed by atoms with Gasteiger partial charge in [-0.1, -0.05) is 43.7 Å². The van der Waals surface area contributed by atoms with E-state index in [0.717, 1.165) is 17.5 Å². The minimum atomic E-state index is 0.485. The van der Waals surface area contributed by atoms with Gasteiger partial charge in [0.15, 0.2) is 0 Å². The Morgan fingerprint density at radius 1 is 1.15 bits per heavy atom. The van der Waals surface area contributed by atoms with Crippen LogP contribution in [-0.4, -0.2) is 4.98 Å². The van der Waals surface area contributed by atoms with Crippen LogP contribution in [0.4, 0.5) is 0 Å². The molecule has 0 amide bonds. The van der Waals surface area contributed by atoms with E-state index in [1.807, 2.05) is 0 Å². The monoisotopic (exact) mass is 263 g/mol. The molecule has 1 nitrogen and oxygen atoms in total. The van der Waals surface area contributed by atoms with E-state index in [0.29, 0.717) is 5.41 Å². The molecule has 1 heterocycles. The molecule has 0 N–H and O–H groups in total. The number of rotatable bonds is 1. The summed E-state index contributed by atoms with van der Waals surface area (Å²) in [7, 11) is 0. The molecule has 1 aromatic heterocycles. The van der Waals surface area contributed by atoms with E-state index in [1.165, 1.54) is 29.5 Å². The Kier molecular flexibility index (Phi) is 2.39. The van der Waals surface area contributed by atoms with Crippen molar-refractivity contribution in [3.05, 3.63) is 53.2 Å². The van der Waals surface area contributed by atoms with Crippen LogP contribution < -0.4 is 0 Å². The molecule has 1 aromatic carbocycles. The first kappa shape index (κ1) is 12.1. The van der Waals surface area contributed by atoms with Gasteiger partial charge in [-0.05, 0) is 54.2 Å². The van der Waals surface area contributed by atoms with Gasteiger partial charge in [0.2, 0.25) is 0 Å². The van der Waals surface area contributed by atoms with E-state index < -0.39 is 0 Å². The second-order valence-corrected chi connectivity index (χ2v) is 7.15. The molecular weight excluding hydrogens is 242 g/mol. The van der Waals surface area contributed by atoms with Crippen molar-refractivity contribution < 1.29 is 0 Å². The zero-order chi connectivity index (χ0) is 13.9. The standard InChI is InChI=1S/C19H21N/c1-12-4-6-13(7-5-12)18-10-16-14(11-20-18)8-15-9-17(16)19(15,2)3/h4-7,10-11,15,17H,8-9H2,1-3H3/t15-,17-/m1/s1. The lowest BCUT2D eigenvalue weighted by atomic mass is 9.47. The van der Waals surface area contributed by atoms with Gasteiger partial charge >= 0.3 is 0 Å². The highest BCUT2D eigenvalue weighted by atomic mass is 14.7. The fourth-order valence-electron chi connectivity index (χ4n) is 4.03. The molecule has 5 rings (SSSR count). The fraction of sp³-hybridized carbons (Fsp3) is 0.421. The topological polar surface area (TPSA) is 12.9 Å². The average molecular weight is 263 g/mol. The third-order valence-corrected chi connectivity index (χ3v) is 5.68. The van der Waals surface area contributed by atoms with Crippen LogP contribution in [0.15, 0.2) is 36.5 Å². The van der Waals surface area contributed by atoms with E-state index >= 15 is 0 Å². The van der Waals surface area contributed by atoms with Crippen LogP contribution in [0.3, 0.4) is 0 Å². The van der Waals surface area contributed by atoms with Crippen LogP contribution in [0.2, 0.25) is 0 Å². The molecular formula is C19H21N. The predicted molar refractivity (Wildman–Crippen MR) is 82.7 cm³/mol. The maximum absolute atomic E-state index is 4.69. The maximum Gasteiger partial charge on any atom is 0.0705 e. The number of hydrogen-bond acceptors (Lipinski definition) is 1. The zero-order valence-corrected chi connectivity index (χ0v) is 12.5. The molecule has 1 heteroatoms. The van der Waals surface area contributed by atoms with Crippen molar-refractivity contribution in [2.45, 2.75) is 39.5 Å². The zero-order valence-electron chi connectivity index (χ0n) is 12.5. The molecule has 1 fully saturated rings. The fourth-order valence-corrected chi connectivity index (χ4v) is 4.03. The molecule has 0 unspecified atom stereocenters. The summed E-state index contributed by atoms with van der Waals surface area (Å²) in [6.07, 6.45) is 4.72. The molecule has 2 aromatic rings. The largest absolute Gasteiger partial charge is 0.256 e. The summed E-state index contributed by atoms with van der Waals surface area (Å²) < 4.78 is 0. The highest BCUT2D eigenvalue weighted by Gasteiger charge is 2.52. The van der Waals surface area contributed by atoms with Gasteiger partial charge < -0.3 is 0 Å². The lowest BCUT2D eigenvalue weighted by Gasteiger charge is -2.57. The van der Waals surface area contributed by atoms with E-state index in [2.05, 4.69) is 57.3 Å². The Labute approximate surface area is 121 Å². The van der Waals surface area contributed by atoms with Gasteiger partial charge in [-0.15, -0.1) is 0 Å². The second kappa shape index (κ2) is 3.94. The number of benzene rings is 1. The third kappa shape index (κ3) is 1.59. The van der Waals surface area contributed by atoms with Crippen molar-refractivity contribution in [2.24, 2.45) is 11.3 Å². The van der Waals surface area contributed by atoms with Crippen LogP contribution in [0.1, 0.15) is 42.9 Å². The number of pyridine rings is 1. The second-order valence-electron chi connectivity index (χ2n) is 7.15. The maximum atomic E-state index is 4.69. The van der Waals surface area contributed by atoms with Gasteiger partial charge in [-0.3, -0.25) is 4.98 Å². The first-order valence-electron chi connectivity index (χ1n) is 7.61. The number of nitrogens with zero attached hydrogens (tertiary/aromatic N) is 1. The number of hydrogen-bond donors (Lipinski definition) is 0. The van der Waals surface area contributed by atoms with E-state index in [1.54, 1.807) is 5.56 Å². The van der Waals surface area contributed by atoms with Crippen molar-refractivity contribution in [1.82, 2.24) is 4.98 Å². The molecule has 2 atom stereocenters. The molecule has 0 radical (unpaired) electrons. The summed E-state index contributed by atoms with van der Waals surface area (Å²) in [5, 5.41) is 0. The Bertz CT molecular complexity index is 667. The Hall–Kier alpha value is -1.63. The molecule has 3 aliphatic carbocycles. The molecule has 0 aliphatic heterocycles. The lowest BCUT2D eigenvalue weighted by molar-refractivity contribution is 0.0184. The van der Waals surface area contributed by atoms with E-state index in [4.69, 9.17) is 4.98 Å². The number of aryl methyl sites for hydroxylation is 1. The third-order valence-electron chi connectivity index (χ3n) is 5.68. The molecule has 0 saturated heterocycles. The Morgan fingerprint density at radius 2 is 1.90 bits per heavy atom. The Balaban J connectivity index is 1.78. The summed E-state index contributed by atoms with van der Waals surface area (Å²) in [4.78, 5) is 4.69. The van der Waals surface area contributed by atoms with Crippen molar-refractivity contribution in [3.63, 3.8) is 0 Å². The highest BCUT2D eigenvalue weighted by molar-refractivity contribution is 5.61. The first-order chi connectivity index (χ1) is 9.55. The molecule has 3 aliphatic rings. The Morgan fingerprint density at radius 3 is 2.60 bits per heavy atom. The van der Waals surface area contributed by atoms with Crippen molar-refractivity contribution in [2.75, 3.05) is 0 Å². The minimum Gasteiger partial charge on any atom is -0.256 e. The summed E-state index contributed by atoms with van der Waals surface area (Å²) >= 11 is 0. The van der Waals surface area contributed by atoms with Crippen molar-refractivity contribution in [3.8, 4) is 11.3 Å². The number of aromatic nitrogens is 1. The van der Waals surface area contributed by atoms with Crippen molar-refractivity contribution in [1.29, 1.82) is 0 Å². The molecule has 20 heavy (non-hydrogen) atoms. The van der Waals surface area contributed by atoms with Crippen LogP contribution in [0.25, 0.3) is 11.3 Å². The smallest absolute Gasteiger partial charge is 0.0705 e. The van der Waals surface area contributed by atoms with Gasteiger partial charge in [0.05, 0.1) is 5.69 Å². The quantitative estimate of drug-likeness (QED) is 0.724. The van der Waals surface area contributed by atoms with Crippen LogP contribution in [0, 0.1) is 18.3 Å². The summed E-state index contributed by atoms with van der Waals surface area (Å²) in [5.74, 6) is 1.61. The molecule has 0 spiro atoms. The van der Waals surface area contributed by atoms with Gasteiger partial charge in [0.25, 0.3) is 0 Å². The normalized spacial score (nSPS) is 25.8. The molecule has 1 saturated carbocycles. The summed E-state index contributed by atoms with van der Waals surface area (Å²) in [6.45, 7) is 6.99. The molecule has 2 bridgehead atoms. The summed E-state index contributed by atoms with van der Waals surface area (Å²) in [5.41, 5.74) is 7.19. The predicted octanol–water partition coefficient (Wildman–Crippen LogP) is 4.74. The van der Waals surface area contributed by atoms with Gasteiger partial charge in [0, 0.05) is 11.8 Å². The van der Waals surface area contributed by atoms with Crippen LogP contribution in [0.5, 0.6) is 0 Å². The lowest BCUT2D eigenvalue weighted by Crippen LogP contribution is -2.48. The minimum absolute atomic E-state index is 0.485. The SMILES string of the molecule is Cc1ccc(-c2cc3c(cn2)C[C@@H]2C[C@H]3C2(C)C)cc1. The highest BCUT2D eigenvalue weighted by Crippen LogP contribution is 2.62. The summed E-state index contributed by atoms with van der Waals surface area (Å²) in [6, 6.07) is 11.0. The van der Waals surface area contributed by atoms with Gasteiger partial charge in [0.1, 0.15) is 0 Å². The van der Waals surface area contributed by atoms with E-state index in [9.17, 15) is 0 Å². The molecule has 102 valence electrons.